The Balaban J connectivity index is 2.54. The minimum absolute atomic E-state index is 0.106. The molecule has 2 rings (SSSR count). The highest BCUT2D eigenvalue weighted by atomic mass is 32.2. The van der Waals surface area contributed by atoms with Crippen LogP contribution in [0.25, 0.3) is 0 Å². The first-order valence-electron chi connectivity index (χ1n) is 7.99. The third-order valence-electron chi connectivity index (χ3n) is 3.63. The van der Waals surface area contributed by atoms with Crippen LogP contribution in [0.3, 0.4) is 0 Å². The molecule has 7 nitrogen and oxygen atoms in total. The van der Waals surface area contributed by atoms with Crippen LogP contribution < -0.4 is 13.8 Å². The van der Waals surface area contributed by atoms with Crippen LogP contribution in [0.4, 0.5) is 10.1 Å². The maximum Gasteiger partial charge on any atom is 0.326 e. The fourth-order valence-corrected chi connectivity index (χ4v) is 3.75. The van der Waals surface area contributed by atoms with Crippen molar-refractivity contribution >= 4 is 21.7 Å². The second-order valence-corrected chi connectivity index (χ2v) is 7.17. The summed E-state index contributed by atoms with van der Waals surface area (Å²) in [6, 6.07) is 8.74. The number of anilines is 1. The van der Waals surface area contributed by atoms with Crippen molar-refractivity contribution in [2.45, 2.75) is 11.8 Å². The van der Waals surface area contributed by atoms with Crippen LogP contribution in [-0.2, 0) is 19.6 Å². The molecule has 0 fully saturated rings. The van der Waals surface area contributed by atoms with E-state index in [0.29, 0.717) is 5.75 Å². The zero-order valence-corrected chi connectivity index (χ0v) is 16.0. The fraction of sp³-hybridized carbons (Fsp3) is 0.278. The molecule has 0 saturated carbocycles. The highest BCUT2D eigenvalue weighted by Gasteiger charge is 2.28. The maximum atomic E-state index is 13.2. The highest BCUT2D eigenvalue weighted by molar-refractivity contribution is 7.92. The zero-order valence-electron chi connectivity index (χ0n) is 15.1. The maximum absolute atomic E-state index is 13.2. The number of esters is 1. The summed E-state index contributed by atoms with van der Waals surface area (Å²) >= 11 is 0. The van der Waals surface area contributed by atoms with Crippen LogP contribution in [0.2, 0.25) is 0 Å². The van der Waals surface area contributed by atoms with Crippen molar-refractivity contribution in [2.75, 3.05) is 31.7 Å². The van der Waals surface area contributed by atoms with Gasteiger partial charge in [0.2, 0.25) is 0 Å². The minimum atomic E-state index is -4.16. The molecule has 0 heterocycles. The third kappa shape index (κ3) is 4.68. The van der Waals surface area contributed by atoms with Gasteiger partial charge in [-0.15, -0.1) is 0 Å². The molecule has 9 heteroatoms. The van der Waals surface area contributed by atoms with Crippen molar-refractivity contribution < 1.29 is 31.8 Å². The van der Waals surface area contributed by atoms with Crippen LogP contribution in [0.1, 0.15) is 6.92 Å². The Hall–Kier alpha value is -2.81. The molecule has 0 bridgehead atoms. The Morgan fingerprint density at radius 3 is 2.22 bits per heavy atom. The number of benzene rings is 2. The van der Waals surface area contributed by atoms with Crippen molar-refractivity contribution in [2.24, 2.45) is 0 Å². The van der Waals surface area contributed by atoms with Gasteiger partial charge in [-0.2, -0.15) is 0 Å². The molecule has 2 aromatic carbocycles. The molecule has 2 aromatic rings. The number of rotatable bonds is 8. The Bertz CT molecular complexity index is 899. The van der Waals surface area contributed by atoms with E-state index in [2.05, 4.69) is 0 Å². The Kier molecular flexibility index (Phi) is 6.62. The summed E-state index contributed by atoms with van der Waals surface area (Å²) in [6.07, 6.45) is 0. The van der Waals surface area contributed by atoms with E-state index in [0.717, 1.165) is 28.6 Å². The molecule has 0 radical (unpaired) electrons. The van der Waals surface area contributed by atoms with E-state index in [9.17, 15) is 17.6 Å². The summed E-state index contributed by atoms with van der Waals surface area (Å²) in [5, 5.41) is 0. The van der Waals surface area contributed by atoms with Gasteiger partial charge >= 0.3 is 5.97 Å². The Morgan fingerprint density at radius 1 is 1.04 bits per heavy atom. The van der Waals surface area contributed by atoms with Crippen molar-refractivity contribution in [3.8, 4) is 11.5 Å². The monoisotopic (exact) mass is 397 g/mol. The first-order valence-corrected chi connectivity index (χ1v) is 9.43. The molecule has 0 aliphatic heterocycles. The number of nitrogens with zero attached hydrogens (tertiary/aromatic N) is 1. The summed E-state index contributed by atoms with van der Waals surface area (Å²) in [7, 11) is -1.30. The molecular formula is C18H20FNO6S. The van der Waals surface area contributed by atoms with Gasteiger partial charge in [0.25, 0.3) is 10.0 Å². The van der Waals surface area contributed by atoms with Crippen LogP contribution in [-0.4, -0.2) is 41.8 Å². The third-order valence-corrected chi connectivity index (χ3v) is 5.42. The molecule has 0 N–H and O–H groups in total. The summed E-state index contributed by atoms with van der Waals surface area (Å²) in [5.41, 5.74) is 0.171. The minimum Gasteiger partial charge on any atom is -0.493 e. The van der Waals surface area contributed by atoms with Gasteiger partial charge in [0, 0.05) is 6.07 Å². The SMILES string of the molecule is CCOC(=O)CN(c1ccc(OC)c(OC)c1)S(=O)(=O)c1ccc(F)cc1. The van der Waals surface area contributed by atoms with Gasteiger partial charge in [-0.25, -0.2) is 12.8 Å². The molecule has 0 saturated heterocycles. The Morgan fingerprint density at radius 2 is 1.67 bits per heavy atom. The van der Waals surface area contributed by atoms with Crippen molar-refractivity contribution in [1.82, 2.24) is 0 Å². The summed E-state index contributed by atoms with van der Waals surface area (Å²) in [6.45, 7) is 1.17. The lowest BCUT2D eigenvalue weighted by molar-refractivity contribution is -0.141. The van der Waals surface area contributed by atoms with Crippen molar-refractivity contribution in [3.63, 3.8) is 0 Å². The van der Waals surface area contributed by atoms with Crippen LogP contribution in [0, 0.1) is 5.82 Å². The summed E-state index contributed by atoms with van der Waals surface area (Å²) in [4.78, 5) is 11.8. The standard InChI is InChI=1S/C18H20FNO6S/c1-4-26-18(21)12-20(14-7-10-16(24-2)17(11-14)25-3)27(22,23)15-8-5-13(19)6-9-15/h5-11H,4,12H2,1-3H3. The molecule has 146 valence electrons. The lowest BCUT2D eigenvalue weighted by atomic mass is 10.2. The van der Waals surface area contributed by atoms with Crippen LogP contribution in [0.5, 0.6) is 11.5 Å². The average molecular weight is 397 g/mol. The number of halogens is 1. The second kappa shape index (κ2) is 8.72. The van der Waals surface area contributed by atoms with Crippen LogP contribution in [0.15, 0.2) is 47.4 Å². The van der Waals surface area contributed by atoms with Gasteiger partial charge in [-0.05, 0) is 43.3 Å². The fourth-order valence-electron chi connectivity index (χ4n) is 2.35. The Labute approximate surface area is 157 Å². The van der Waals surface area contributed by atoms with Gasteiger partial charge in [0.15, 0.2) is 11.5 Å². The first kappa shape index (κ1) is 20.5. The van der Waals surface area contributed by atoms with Gasteiger partial charge in [-0.3, -0.25) is 9.10 Å². The molecule has 0 aliphatic rings. The van der Waals surface area contributed by atoms with E-state index in [1.807, 2.05) is 0 Å². The van der Waals surface area contributed by atoms with Crippen molar-refractivity contribution in [3.05, 3.63) is 48.3 Å². The summed E-state index contributed by atoms with van der Waals surface area (Å²) in [5.74, 6) is -0.607. The van der Waals surface area contributed by atoms with E-state index < -0.39 is 28.4 Å². The van der Waals surface area contributed by atoms with Crippen LogP contribution >= 0.6 is 0 Å². The quantitative estimate of drug-likeness (QED) is 0.637. The number of methoxy groups -OCH3 is 2. The largest absolute Gasteiger partial charge is 0.493 e. The number of carbonyl (C=O) groups is 1. The van der Waals surface area contributed by atoms with E-state index in [1.165, 1.54) is 32.4 Å². The normalized spacial score (nSPS) is 11.0. The molecule has 27 heavy (non-hydrogen) atoms. The second-order valence-electron chi connectivity index (χ2n) is 5.31. The number of hydrogen-bond donors (Lipinski definition) is 0. The molecule has 0 atom stereocenters. The summed E-state index contributed by atoms with van der Waals surface area (Å²) < 4.78 is 55.4. The zero-order chi connectivity index (χ0) is 20.0. The van der Waals surface area contributed by atoms with Gasteiger partial charge < -0.3 is 14.2 Å². The van der Waals surface area contributed by atoms with Gasteiger partial charge in [0.05, 0.1) is 31.4 Å². The van der Waals surface area contributed by atoms with Crippen molar-refractivity contribution in [1.29, 1.82) is 0 Å². The highest BCUT2D eigenvalue weighted by Crippen LogP contribution is 2.33. The first-order chi connectivity index (χ1) is 12.8. The topological polar surface area (TPSA) is 82.1 Å². The predicted octanol–water partition coefficient (Wildman–Crippen LogP) is 2.60. The number of ether oxygens (including phenoxy) is 3. The lowest BCUT2D eigenvalue weighted by Crippen LogP contribution is -2.36. The molecule has 0 aromatic heterocycles. The predicted molar refractivity (Wildman–Crippen MR) is 97.1 cm³/mol. The van der Waals surface area contributed by atoms with E-state index >= 15 is 0 Å². The lowest BCUT2D eigenvalue weighted by Gasteiger charge is -2.24. The van der Waals surface area contributed by atoms with Gasteiger partial charge in [0.1, 0.15) is 12.4 Å². The number of carbonyl (C=O) groups excluding carboxylic acids is 1. The van der Waals surface area contributed by atoms with E-state index in [4.69, 9.17) is 14.2 Å². The number of sulfonamides is 1. The molecule has 0 unspecified atom stereocenters. The van der Waals surface area contributed by atoms with E-state index in [1.54, 1.807) is 6.92 Å². The molecule has 0 spiro atoms. The number of hydrogen-bond acceptors (Lipinski definition) is 6. The smallest absolute Gasteiger partial charge is 0.326 e. The average Bonchev–Trinajstić information content (AvgIpc) is 2.66. The van der Waals surface area contributed by atoms with E-state index in [-0.39, 0.29) is 22.9 Å². The molecular weight excluding hydrogens is 377 g/mol. The molecule has 0 aliphatic carbocycles. The molecule has 0 amide bonds. The van der Waals surface area contributed by atoms with Gasteiger partial charge in [-0.1, -0.05) is 0 Å².